The number of hydrogen-bond acceptors (Lipinski definition) is 0. The Labute approximate surface area is 69.7 Å². The molecule has 0 rings (SSSR count). The fraction of sp³-hybridized carbons (Fsp3) is 1.00. The summed E-state index contributed by atoms with van der Waals surface area (Å²) in [5.74, 6) is 0. The molecule has 0 aliphatic heterocycles. The Morgan fingerprint density at radius 1 is 1.44 bits per heavy atom. The molecule has 56 valence electrons. The lowest BCUT2D eigenvalue weighted by molar-refractivity contribution is 0.877. The summed E-state index contributed by atoms with van der Waals surface area (Å²) in [6, 6.07) is 2.50. The van der Waals surface area contributed by atoms with Gasteiger partial charge in [0.2, 0.25) is 0 Å². The number of hydrogen-bond donors (Lipinski definition) is 0. The molecule has 0 aromatic heterocycles. The van der Waals surface area contributed by atoms with Crippen LogP contribution in [0.15, 0.2) is 0 Å². The van der Waals surface area contributed by atoms with Gasteiger partial charge in [-0.05, 0) is 6.04 Å². The van der Waals surface area contributed by atoms with E-state index >= 15 is 0 Å². The smallest absolute Gasteiger partial charge is 0.105 e. The fourth-order valence-electron chi connectivity index (χ4n) is 0.725. The van der Waals surface area contributed by atoms with Gasteiger partial charge >= 0.3 is 0 Å². The Bertz CT molecular complexity index is 57.0. The summed E-state index contributed by atoms with van der Waals surface area (Å²) in [5, 5.41) is 0. The van der Waals surface area contributed by atoms with Gasteiger partial charge in [-0.2, -0.15) is 0 Å². The quantitative estimate of drug-likeness (QED) is 0.351. The number of rotatable bonds is 5. The fourth-order valence-corrected chi connectivity index (χ4v) is 3.10. The van der Waals surface area contributed by atoms with Crippen LogP contribution in [0.2, 0.25) is 12.1 Å². The summed E-state index contributed by atoms with van der Waals surface area (Å²) in [7, 11) is 0.0890. The minimum absolute atomic E-state index is 0.0890. The van der Waals surface area contributed by atoms with Crippen LogP contribution in [0.5, 0.6) is 0 Å². The minimum Gasteiger partial charge on any atom is -0.106 e. The van der Waals surface area contributed by atoms with Crippen molar-refractivity contribution in [3.8, 4) is 0 Å². The van der Waals surface area contributed by atoms with Crippen molar-refractivity contribution in [3.05, 3.63) is 0 Å². The van der Waals surface area contributed by atoms with Gasteiger partial charge in [0.05, 0.1) is 0 Å². The zero-order valence-corrected chi connectivity index (χ0v) is 8.79. The van der Waals surface area contributed by atoms with Gasteiger partial charge in [-0.15, -0.1) is 23.2 Å². The largest absolute Gasteiger partial charge is 0.106 e. The second-order valence-electron chi connectivity index (χ2n) is 2.24. The Morgan fingerprint density at radius 2 is 2.11 bits per heavy atom. The standard InChI is InChI=1S/C6H14Cl2Si/c1-2-3-4-9-5-6(7)8/h6H,2-5,9H2,1H3. The van der Waals surface area contributed by atoms with Crippen molar-refractivity contribution >= 4 is 32.7 Å². The third kappa shape index (κ3) is 8.80. The molecule has 3 heteroatoms. The molecule has 0 aliphatic carbocycles. The van der Waals surface area contributed by atoms with Gasteiger partial charge < -0.3 is 0 Å². The molecule has 0 N–H and O–H groups in total. The Kier molecular flexibility index (Phi) is 7.52. The molecule has 0 aliphatic rings. The lowest BCUT2D eigenvalue weighted by Crippen LogP contribution is -1.94. The van der Waals surface area contributed by atoms with Crippen molar-refractivity contribution < 1.29 is 0 Å². The summed E-state index contributed by atoms with van der Waals surface area (Å²) in [5.41, 5.74) is 0. The zero-order chi connectivity index (χ0) is 7.11. The Morgan fingerprint density at radius 3 is 2.56 bits per heavy atom. The lowest BCUT2D eigenvalue weighted by atomic mass is 10.4. The number of halogens is 2. The van der Waals surface area contributed by atoms with Crippen molar-refractivity contribution in [2.45, 2.75) is 36.7 Å². The predicted octanol–water partition coefficient (Wildman–Crippen LogP) is 2.60. The first-order chi connectivity index (χ1) is 4.27. The van der Waals surface area contributed by atoms with Crippen molar-refractivity contribution in [1.82, 2.24) is 0 Å². The molecule has 0 atom stereocenters. The molecule has 0 nitrogen and oxygen atoms in total. The van der Waals surface area contributed by atoms with E-state index in [4.69, 9.17) is 23.2 Å². The van der Waals surface area contributed by atoms with Crippen LogP contribution in [-0.2, 0) is 0 Å². The van der Waals surface area contributed by atoms with Gasteiger partial charge in [-0.1, -0.05) is 25.8 Å². The number of alkyl halides is 2. The van der Waals surface area contributed by atoms with E-state index in [9.17, 15) is 0 Å². The molecule has 0 amide bonds. The van der Waals surface area contributed by atoms with Gasteiger partial charge in [-0.3, -0.25) is 0 Å². The summed E-state index contributed by atoms with van der Waals surface area (Å²) < 4.78 is 0. The molecule has 0 spiro atoms. The molecule has 0 bridgehead atoms. The topological polar surface area (TPSA) is 0 Å². The van der Waals surface area contributed by atoms with Crippen LogP contribution in [0.3, 0.4) is 0 Å². The lowest BCUT2D eigenvalue weighted by Gasteiger charge is -1.97. The second-order valence-corrected chi connectivity index (χ2v) is 5.51. The minimum atomic E-state index is -0.0893. The Balaban J connectivity index is 2.75. The monoisotopic (exact) mass is 184 g/mol. The van der Waals surface area contributed by atoms with E-state index in [1.807, 2.05) is 0 Å². The average molecular weight is 185 g/mol. The number of unbranched alkanes of at least 4 members (excludes halogenated alkanes) is 1. The van der Waals surface area contributed by atoms with E-state index < -0.39 is 0 Å². The molecule has 0 saturated heterocycles. The van der Waals surface area contributed by atoms with Gasteiger partial charge in [0.1, 0.15) is 4.84 Å². The van der Waals surface area contributed by atoms with E-state index in [0.717, 1.165) is 6.04 Å². The maximum absolute atomic E-state index is 5.56. The van der Waals surface area contributed by atoms with Crippen LogP contribution in [-0.4, -0.2) is 14.4 Å². The summed E-state index contributed by atoms with van der Waals surface area (Å²) in [6.45, 7) is 2.22. The van der Waals surface area contributed by atoms with E-state index in [1.54, 1.807) is 0 Å². The summed E-state index contributed by atoms with van der Waals surface area (Å²) >= 11 is 11.1. The Hall–Kier alpha value is 0.797. The highest BCUT2D eigenvalue weighted by Gasteiger charge is 1.96. The van der Waals surface area contributed by atoms with E-state index in [-0.39, 0.29) is 14.4 Å². The average Bonchev–Trinajstić information content (AvgIpc) is 1.80. The van der Waals surface area contributed by atoms with Gasteiger partial charge in [0, 0.05) is 9.52 Å². The molecule has 0 unspecified atom stereocenters. The first-order valence-electron chi connectivity index (χ1n) is 3.55. The van der Waals surface area contributed by atoms with Crippen molar-refractivity contribution in [1.29, 1.82) is 0 Å². The van der Waals surface area contributed by atoms with Crippen LogP contribution in [0, 0.1) is 0 Å². The van der Waals surface area contributed by atoms with E-state index in [2.05, 4.69) is 6.92 Å². The maximum Gasteiger partial charge on any atom is 0.105 e. The molecular weight excluding hydrogens is 171 g/mol. The normalized spacial score (nSPS) is 12.0. The van der Waals surface area contributed by atoms with Gasteiger partial charge in [0.25, 0.3) is 0 Å². The van der Waals surface area contributed by atoms with Gasteiger partial charge in [0.15, 0.2) is 0 Å². The SMILES string of the molecule is CCCC[SiH2]CC(Cl)Cl. The van der Waals surface area contributed by atoms with E-state index in [1.165, 1.54) is 18.9 Å². The molecule has 0 saturated carbocycles. The second kappa shape index (κ2) is 6.91. The molecule has 0 heterocycles. The molecule has 9 heavy (non-hydrogen) atoms. The third-order valence-electron chi connectivity index (χ3n) is 1.28. The summed E-state index contributed by atoms with van der Waals surface area (Å²) in [6.07, 6.45) is 2.68. The van der Waals surface area contributed by atoms with Gasteiger partial charge in [-0.25, -0.2) is 0 Å². The highest BCUT2D eigenvalue weighted by molar-refractivity contribution is 6.49. The predicted molar refractivity (Wildman–Crippen MR) is 48.6 cm³/mol. The van der Waals surface area contributed by atoms with Crippen molar-refractivity contribution in [2.75, 3.05) is 0 Å². The third-order valence-corrected chi connectivity index (χ3v) is 4.43. The van der Waals surface area contributed by atoms with Crippen molar-refractivity contribution in [3.63, 3.8) is 0 Å². The van der Waals surface area contributed by atoms with Crippen LogP contribution in [0.25, 0.3) is 0 Å². The highest BCUT2D eigenvalue weighted by atomic mass is 35.5. The molecule has 0 aromatic carbocycles. The molecule has 0 aromatic rings. The first-order valence-corrected chi connectivity index (χ1v) is 6.42. The maximum atomic E-state index is 5.56. The first kappa shape index (κ1) is 9.80. The summed E-state index contributed by atoms with van der Waals surface area (Å²) in [4.78, 5) is -0.0893. The molecule has 0 fully saturated rings. The van der Waals surface area contributed by atoms with E-state index in [0.29, 0.717) is 0 Å². The zero-order valence-electron chi connectivity index (χ0n) is 5.87. The highest BCUT2D eigenvalue weighted by Crippen LogP contribution is 2.08. The van der Waals surface area contributed by atoms with Crippen LogP contribution in [0.4, 0.5) is 0 Å². The molecule has 0 radical (unpaired) electrons. The van der Waals surface area contributed by atoms with Crippen molar-refractivity contribution in [2.24, 2.45) is 0 Å². The molecular formula is C6H14Cl2Si. The van der Waals surface area contributed by atoms with Crippen LogP contribution >= 0.6 is 23.2 Å². The van der Waals surface area contributed by atoms with Crippen LogP contribution in [0.1, 0.15) is 19.8 Å². The van der Waals surface area contributed by atoms with Crippen LogP contribution < -0.4 is 0 Å².